The van der Waals surface area contributed by atoms with E-state index in [0.717, 1.165) is 25.0 Å². The molecule has 0 radical (unpaired) electrons. The van der Waals surface area contributed by atoms with Crippen molar-refractivity contribution >= 4 is 0 Å². The molecule has 1 unspecified atom stereocenters. The van der Waals surface area contributed by atoms with Crippen molar-refractivity contribution in [3.8, 4) is 0 Å². The highest BCUT2D eigenvalue weighted by atomic mass is 16.3. The second-order valence-electron chi connectivity index (χ2n) is 5.76. The molecule has 114 valence electrons. The molecule has 2 aromatic rings. The normalized spacial score (nSPS) is 12.8. The van der Waals surface area contributed by atoms with Crippen LogP contribution in [0.3, 0.4) is 0 Å². The van der Waals surface area contributed by atoms with Gasteiger partial charge in [0.2, 0.25) is 0 Å². The number of aryl methyl sites for hydroxylation is 1. The van der Waals surface area contributed by atoms with E-state index in [1.54, 1.807) is 0 Å². The van der Waals surface area contributed by atoms with Gasteiger partial charge in [0.05, 0.1) is 18.3 Å². The summed E-state index contributed by atoms with van der Waals surface area (Å²) in [6.45, 7) is 6.62. The van der Waals surface area contributed by atoms with E-state index in [9.17, 15) is 5.11 Å². The first-order chi connectivity index (χ1) is 10.2. The van der Waals surface area contributed by atoms with Crippen molar-refractivity contribution in [3.05, 3.63) is 53.3 Å². The Balaban J connectivity index is 2.12. The highest BCUT2D eigenvalue weighted by Crippen LogP contribution is 2.22. The number of hydrogen-bond donors (Lipinski definition) is 1. The Morgan fingerprint density at radius 3 is 2.57 bits per heavy atom. The van der Waals surface area contributed by atoms with Gasteiger partial charge in [0.1, 0.15) is 0 Å². The molecule has 2 rings (SSSR count). The van der Waals surface area contributed by atoms with Crippen LogP contribution >= 0.6 is 0 Å². The molecule has 1 aromatic carbocycles. The number of aliphatic hydroxyl groups is 1. The lowest BCUT2D eigenvalue weighted by molar-refractivity contribution is 0.263. The van der Waals surface area contributed by atoms with Crippen molar-refractivity contribution in [2.75, 3.05) is 6.61 Å². The fourth-order valence-electron chi connectivity index (χ4n) is 2.82. The maximum atomic E-state index is 9.71. The van der Waals surface area contributed by atoms with Crippen LogP contribution in [0, 0.1) is 6.92 Å². The van der Waals surface area contributed by atoms with Gasteiger partial charge < -0.3 is 5.11 Å². The van der Waals surface area contributed by atoms with Gasteiger partial charge in [-0.3, -0.25) is 4.68 Å². The SMILES string of the molecule is CCC(CC)n1ccc(CC(CO)c2cccc(C)c2)n1. The number of rotatable bonds is 7. The van der Waals surface area contributed by atoms with Crippen molar-refractivity contribution in [2.24, 2.45) is 0 Å². The summed E-state index contributed by atoms with van der Waals surface area (Å²) in [5.74, 6) is 0.120. The Hall–Kier alpha value is -1.61. The minimum absolute atomic E-state index is 0.120. The van der Waals surface area contributed by atoms with Crippen LogP contribution in [-0.4, -0.2) is 21.5 Å². The molecule has 1 atom stereocenters. The zero-order valence-corrected chi connectivity index (χ0v) is 13.3. The molecule has 0 aliphatic rings. The van der Waals surface area contributed by atoms with Gasteiger partial charge in [-0.15, -0.1) is 0 Å². The maximum Gasteiger partial charge on any atom is 0.0631 e. The van der Waals surface area contributed by atoms with E-state index in [1.807, 2.05) is 0 Å². The number of aromatic nitrogens is 2. The summed E-state index contributed by atoms with van der Waals surface area (Å²) >= 11 is 0. The van der Waals surface area contributed by atoms with E-state index in [4.69, 9.17) is 5.10 Å². The van der Waals surface area contributed by atoms with Gasteiger partial charge in [-0.25, -0.2) is 0 Å². The number of nitrogens with zero attached hydrogens (tertiary/aromatic N) is 2. The Morgan fingerprint density at radius 1 is 1.19 bits per heavy atom. The number of benzene rings is 1. The molecule has 21 heavy (non-hydrogen) atoms. The standard InChI is InChI=1S/C18H26N2O/c1-4-18(5-2)20-10-9-17(19-20)12-16(13-21)15-8-6-7-14(3)11-15/h6-11,16,18,21H,4-5,12-13H2,1-3H3. The van der Waals surface area contributed by atoms with Crippen LogP contribution in [0.25, 0.3) is 0 Å². The Morgan fingerprint density at radius 2 is 1.95 bits per heavy atom. The van der Waals surface area contributed by atoms with Gasteiger partial charge in [-0.2, -0.15) is 5.10 Å². The van der Waals surface area contributed by atoms with Gasteiger partial charge in [0.15, 0.2) is 0 Å². The molecule has 0 fully saturated rings. The summed E-state index contributed by atoms with van der Waals surface area (Å²) < 4.78 is 2.07. The van der Waals surface area contributed by atoms with Crippen molar-refractivity contribution < 1.29 is 5.11 Å². The Bertz CT molecular complexity index is 558. The molecule has 0 saturated heterocycles. The van der Waals surface area contributed by atoms with E-state index < -0.39 is 0 Å². The predicted octanol–water partition coefficient (Wildman–Crippen LogP) is 3.87. The van der Waals surface area contributed by atoms with Crippen LogP contribution < -0.4 is 0 Å². The first-order valence-corrected chi connectivity index (χ1v) is 7.89. The van der Waals surface area contributed by atoms with Gasteiger partial charge in [0.25, 0.3) is 0 Å². The Kier molecular flexibility index (Phi) is 5.57. The average molecular weight is 286 g/mol. The highest BCUT2D eigenvalue weighted by molar-refractivity contribution is 5.26. The molecule has 0 aliphatic heterocycles. The maximum absolute atomic E-state index is 9.71. The van der Waals surface area contributed by atoms with Crippen molar-refractivity contribution in [1.29, 1.82) is 0 Å². The monoisotopic (exact) mass is 286 g/mol. The van der Waals surface area contributed by atoms with E-state index in [0.29, 0.717) is 6.04 Å². The summed E-state index contributed by atoms with van der Waals surface area (Å²) in [4.78, 5) is 0. The van der Waals surface area contributed by atoms with Gasteiger partial charge >= 0.3 is 0 Å². The number of hydrogen-bond acceptors (Lipinski definition) is 2. The fourth-order valence-corrected chi connectivity index (χ4v) is 2.82. The minimum Gasteiger partial charge on any atom is -0.396 e. The summed E-state index contributed by atoms with van der Waals surface area (Å²) in [6.07, 6.45) is 5.04. The molecule has 0 aliphatic carbocycles. The Labute approximate surface area is 127 Å². The second kappa shape index (κ2) is 7.41. The van der Waals surface area contributed by atoms with Crippen LogP contribution in [-0.2, 0) is 6.42 Å². The zero-order valence-electron chi connectivity index (χ0n) is 13.3. The third-order valence-electron chi connectivity index (χ3n) is 4.17. The molecule has 0 bridgehead atoms. The lowest BCUT2D eigenvalue weighted by Gasteiger charge is -2.15. The van der Waals surface area contributed by atoms with Crippen LogP contribution in [0.4, 0.5) is 0 Å². The first kappa shape index (κ1) is 15.8. The summed E-state index contributed by atoms with van der Waals surface area (Å²) in [5.41, 5.74) is 3.48. The lowest BCUT2D eigenvalue weighted by Crippen LogP contribution is -2.11. The quantitative estimate of drug-likeness (QED) is 0.839. The molecule has 0 saturated carbocycles. The highest BCUT2D eigenvalue weighted by Gasteiger charge is 2.14. The smallest absolute Gasteiger partial charge is 0.0631 e. The molecular weight excluding hydrogens is 260 g/mol. The second-order valence-corrected chi connectivity index (χ2v) is 5.76. The average Bonchev–Trinajstić information content (AvgIpc) is 2.94. The molecule has 0 spiro atoms. The lowest BCUT2D eigenvalue weighted by atomic mass is 9.94. The van der Waals surface area contributed by atoms with Crippen LogP contribution in [0.2, 0.25) is 0 Å². The fraction of sp³-hybridized carbons (Fsp3) is 0.500. The van der Waals surface area contributed by atoms with E-state index in [-0.39, 0.29) is 12.5 Å². The summed E-state index contributed by atoms with van der Waals surface area (Å²) in [7, 11) is 0. The molecule has 3 heteroatoms. The first-order valence-electron chi connectivity index (χ1n) is 7.89. The molecule has 0 amide bonds. The minimum atomic E-state index is 0.120. The van der Waals surface area contributed by atoms with Gasteiger partial charge in [-0.1, -0.05) is 43.7 Å². The van der Waals surface area contributed by atoms with E-state index >= 15 is 0 Å². The molecule has 3 nitrogen and oxygen atoms in total. The van der Waals surface area contributed by atoms with Gasteiger partial charge in [-0.05, 0) is 31.4 Å². The van der Waals surface area contributed by atoms with E-state index in [1.165, 1.54) is 11.1 Å². The largest absolute Gasteiger partial charge is 0.396 e. The molecular formula is C18H26N2O. The van der Waals surface area contributed by atoms with Gasteiger partial charge in [0, 0.05) is 18.5 Å². The van der Waals surface area contributed by atoms with Crippen molar-refractivity contribution in [2.45, 2.75) is 52.0 Å². The third kappa shape index (κ3) is 3.94. The number of aliphatic hydroxyl groups excluding tert-OH is 1. The molecule has 1 heterocycles. The predicted molar refractivity (Wildman–Crippen MR) is 86.6 cm³/mol. The zero-order chi connectivity index (χ0) is 15.2. The van der Waals surface area contributed by atoms with E-state index in [2.05, 4.69) is 62.0 Å². The molecule has 1 aromatic heterocycles. The third-order valence-corrected chi connectivity index (χ3v) is 4.17. The topological polar surface area (TPSA) is 38.0 Å². The van der Waals surface area contributed by atoms with Crippen LogP contribution in [0.1, 0.15) is 55.5 Å². The molecule has 1 N–H and O–H groups in total. The summed E-state index contributed by atoms with van der Waals surface area (Å²) in [6, 6.07) is 10.9. The van der Waals surface area contributed by atoms with Crippen molar-refractivity contribution in [1.82, 2.24) is 9.78 Å². The summed E-state index contributed by atoms with van der Waals surface area (Å²) in [5, 5.41) is 14.4. The van der Waals surface area contributed by atoms with Crippen LogP contribution in [0.5, 0.6) is 0 Å². The van der Waals surface area contributed by atoms with Crippen molar-refractivity contribution in [3.63, 3.8) is 0 Å². The van der Waals surface area contributed by atoms with Crippen LogP contribution in [0.15, 0.2) is 36.5 Å².